The van der Waals surface area contributed by atoms with E-state index in [0.717, 1.165) is 0 Å². The first-order valence-corrected chi connectivity index (χ1v) is 3.93. The highest BCUT2D eigenvalue weighted by Gasteiger charge is 2.58. The molecule has 0 bridgehead atoms. The molecule has 2 nitrogen and oxygen atoms in total. The number of phenolic OH excluding ortho intramolecular Hbond substituents is 1. The van der Waals surface area contributed by atoms with Crippen LogP contribution in [0.2, 0.25) is 0 Å². The molecule has 0 unspecified atom stereocenters. The molecule has 1 rings (SSSR count). The van der Waals surface area contributed by atoms with Crippen molar-refractivity contribution in [3.05, 3.63) is 29.3 Å². The van der Waals surface area contributed by atoms with Gasteiger partial charge in [-0.2, -0.15) is 22.0 Å². The third-order valence-corrected chi connectivity index (χ3v) is 1.87. The lowest BCUT2D eigenvalue weighted by atomic mass is 10.0. The highest BCUT2D eigenvalue weighted by Crippen LogP contribution is 2.44. The number of hydrogen-bond donors (Lipinski definition) is 1. The normalized spacial score (nSPS) is 12.6. The van der Waals surface area contributed by atoms with Crippen molar-refractivity contribution in [3.63, 3.8) is 0 Å². The fourth-order valence-electron chi connectivity index (χ4n) is 1.01. The third kappa shape index (κ3) is 1.98. The summed E-state index contributed by atoms with van der Waals surface area (Å²) in [5.74, 6) is -5.71. The zero-order valence-electron chi connectivity index (χ0n) is 7.55. The lowest BCUT2D eigenvalue weighted by molar-refractivity contribution is -0.289. The summed E-state index contributed by atoms with van der Waals surface area (Å²) < 4.78 is 61.4. The van der Waals surface area contributed by atoms with E-state index < -0.39 is 29.0 Å². The number of alkyl halides is 5. The lowest BCUT2D eigenvalue weighted by Gasteiger charge is -2.20. The summed E-state index contributed by atoms with van der Waals surface area (Å²) in [7, 11) is 0. The quantitative estimate of drug-likeness (QED) is 0.637. The van der Waals surface area contributed by atoms with Crippen molar-refractivity contribution in [1.82, 2.24) is 0 Å². The first-order valence-electron chi connectivity index (χ1n) is 3.93. The Balaban J connectivity index is 3.29. The first kappa shape index (κ1) is 12.4. The van der Waals surface area contributed by atoms with Crippen LogP contribution in [0.1, 0.15) is 15.9 Å². The lowest BCUT2D eigenvalue weighted by Crippen LogP contribution is -2.33. The van der Waals surface area contributed by atoms with E-state index in [-0.39, 0.29) is 6.29 Å². The van der Waals surface area contributed by atoms with Gasteiger partial charge >= 0.3 is 12.1 Å². The van der Waals surface area contributed by atoms with E-state index in [1.165, 1.54) is 0 Å². The van der Waals surface area contributed by atoms with Crippen LogP contribution in [0.25, 0.3) is 0 Å². The SMILES string of the molecule is O=Cc1cc(C(F)(F)C(F)(F)F)ccc1O. The number of phenols is 1. The Labute approximate surface area is 86.3 Å². The minimum Gasteiger partial charge on any atom is -0.507 e. The standard InChI is InChI=1S/C9H5F5O2/c10-8(11,9(12,13)14)6-1-2-7(16)5(3-6)4-15/h1-4,16H. The van der Waals surface area contributed by atoms with Gasteiger partial charge in [-0.3, -0.25) is 4.79 Å². The molecule has 0 saturated carbocycles. The predicted molar refractivity (Wildman–Crippen MR) is 43.4 cm³/mol. The summed E-state index contributed by atoms with van der Waals surface area (Å²) in [6.45, 7) is 0. The molecule has 0 heterocycles. The minimum absolute atomic E-state index is 0.00864. The summed E-state index contributed by atoms with van der Waals surface area (Å²) in [5.41, 5.74) is -2.01. The molecule has 16 heavy (non-hydrogen) atoms. The van der Waals surface area contributed by atoms with Gasteiger partial charge in [-0.15, -0.1) is 0 Å². The van der Waals surface area contributed by atoms with E-state index in [9.17, 15) is 26.7 Å². The van der Waals surface area contributed by atoms with Crippen LogP contribution in [0.15, 0.2) is 18.2 Å². The van der Waals surface area contributed by atoms with Gasteiger partial charge in [-0.05, 0) is 18.2 Å². The van der Waals surface area contributed by atoms with Crippen LogP contribution in [0.4, 0.5) is 22.0 Å². The zero-order chi connectivity index (χ0) is 12.6. The molecule has 88 valence electrons. The van der Waals surface area contributed by atoms with Crippen LogP contribution in [0.3, 0.4) is 0 Å². The Morgan fingerprint density at radius 3 is 2.12 bits per heavy atom. The molecule has 1 aromatic rings. The average Bonchev–Trinajstić information content (AvgIpc) is 2.16. The molecule has 0 spiro atoms. The minimum atomic E-state index is -5.75. The number of carbonyl (C=O) groups is 1. The van der Waals surface area contributed by atoms with E-state index >= 15 is 0 Å². The second-order valence-corrected chi connectivity index (χ2v) is 2.96. The van der Waals surface area contributed by atoms with Crippen molar-refractivity contribution in [1.29, 1.82) is 0 Å². The fraction of sp³-hybridized carbons (Fsp3) is 0.222. The zero-order valence-corrected chi connectivity index (χ0v) is 7.55. The largest absolute Gasteiger partial charge is 0.507 e. The van der Waals surface area contributed by atoms with Gasteiger partial charge in [0.05, 0.1) is 5.56 Å². The van der Waals surface area contributed by atoms with Crippen molar-refractivity contribution >= 4 is 6.29 Å². The van der Waals surface area contributed by atoms with E-state index in [2.05, 4.69) is 0 Å². The number of hydrogen-bond acceptors (Lipinski definition) is 2. The Hall–Kier alpha value is -1.66. The van der Waals surface area contributed by atoms with Crippen LogP contribution in [-0.4, -0.2) is 17.6 Å². The molecule has 0 aliphatic rings. The van der Waals surface area contributed by atoms with Gasteiger partial charge in [0.15, 0.2) is 6.29 Å². The van der Waals surface area contributed by atoms with Gasteiger partial charge in [0, 0.05) is 5.56 Å². The van der Waals surface area contributed by atoms with Crippen LogP contribution in [0, 0.1) is 0 Å². The molecule has 0 saturated heterocycles. The highest BCUT2D eigenvalue weighted by molar-refractivity contribution is 5.79. The van der Waals surface area contributed by atoms with Crippen molar-refractivity contribution in [2.75, 3.05) is 0 Å². The monoisotopic (exact) mass is 240 g/mol. The van der Waals surface area contributed by atoms with E-state index in [0.29, 0.717) is 18.2 Å². The van der Waals surface area contributed by atoms with Crippen LogP contribution in [-0.2, 0) is 5.92 Å². The van der Waals surface area contributed by atoms with E-state index in [4.69, 9.17) is 5.11 Å². The maximum atomic E-state index is 12.8. The van der Waals surface area contributed by atoms with Crippen molar-refractivity contribution in [2.45, 2.75) is 12.1 Å². The van der Waals surface area contributed by atoms with Gasteiger partial charge in [0.25, 0.3) is 0 Å². The highest BCUT2D eigenvalue weighted by atomic mass is 19.4. The second kappa shape index (κ2) is 3.73. The molecular weight excluding hydrogens is 235 g/mol. The Morgan fingerprint density at radius 1 is 1.12 bits per heavy atom. The maximum absolute atomic E-state index is 12.8. The van der Waals surface area contributed by atoms with Crippen LogP contribution >= 0.6 is 0 Å². The second-order valence-electron chi connectivity index (χ2n) is 2.96. The molecule has 0 aliphatic heterocycles. The number of aldehydes is 1. The summed E-state index contributed by atoms with van der Waals surface area (Å²) >= 11 is 0. The Bertz CT molecular complexity index is 411. The molecular formula is C9H5F5O2. The molecule has 0 fully saturated rings. The number of rotatable bonds is 2. The van der Waals surface area contributed by atoms with Crippen LogP contribution < -0.4 is 0 Å². The van der Waals surface area contributed by atoms with Gasteiger partial charge in [-0.1, -0.05) is 0 Å². The molecule has 7 heteroatoms. The maximum Gasteiger partial charge on any atom is 0.458 e. The molecule has 0 radical (unpaired) electrons. The molecule has 1 aromatic carbocycles. The van der Waals surface area contributed by atoms with Crippen LogP contribution in [0.5, 0.6) is 5.75 Å². The smallest absolute Gasteiger partial charge is 0.458 e. The fourth-order valence-corrected chi connectivity index (χ4v) is 1.01. The van der Waals surface area contributed by atoms with E-state index in [1.54, 1.807) is 0 Å². The molecule has 1 N–H and O–H groups in total. The number of aromatic hydroxyl groups is 1. The third-order valence-electron chi connectivity index (χ3n) is 1.87. The average molecular weight is 240 g/mol. The van der Waals surface area contributed by atoms with Crippen molar-refractivity contribution in [2.24, 2.45) is 0 Å². The first-order chi connectivity index (χ1) is 7.20. The number of carbonyl (C=O) groups excluding carboxylic acids is 1. The Morgan fingerprint density at radius 2 is 1.69 bits per heavy atom. The van der Waals surface area contributed by atoms with Crippen molar-refractivity contribution in [3.8, 4) is 5.75 Å². The number of benzene rings is 1. The number of halogens is 5. The topological polar surface area (TPSA) is 37.3 Å². The predicted octanol–water partition coefficient (Wildman–Crippen LogP) is 2.86. The molecule has 0 atom stereocenters. The Kier molecular flexibility index (Phi) is 2.89. The van der Waals surface area contributed by atoms with Gasteiger partial charge in [0.2, 0.25) is 0 Å². The van der Waals surface area contributed by atoms with Gasteiger partial charge in [-0.25, -0.2) is 0 Å². The van der Waals surface area contributed by atoms with E-state index in [1.807, 2.05) is 0 Å². The molecule has 0 aliphatic carbocycles. The summed E-state index contributed by atoms with van der Waals surface area (Å²) in [5, 5.41) is 8.95. The van der Waals surface area contributed by atoms with Gasteiger partial charge in [0.1, 0.15) is 5.75 Å². The molecule has 0 amide bonds. The molecule has 0 aromatic heterocycles. The van der Waals surface area contributed by atoms with Gasteiger partial charge < -0.3 is 5.11 Å². The summed E-state index contributed by atoms with van der Waals surface area (Å²) in [4.78, 5) is 10.3. The summed E-state index contributed by atoms with van der Waals surface area (Å²) in [6.07, 6.45) is -5.75. The van der Waals surface area contributed by atoms with Crippen molar-refractivity contribution < 1.29 is 31.9 Å². The summed E-state index contributed by atoms with van der Waals surface area (Å²) in [6, 6.07) is 1.32.